The standard InChI is InChI=1S/C20H25NO5S/c1-5-20(22)26-19-11-6-16(12-14(19)2)15(3)13-25-18-9-7-17(8-10-18)21-27(4,23)24/h6-12,15,21H,5,13H2,1-4H3. The Balaban J connectivity index is 1.96. The Bertz CT molecular complexity index is 891. The average Bonchev–Trinajstić information content (AvgIpc) is 2.61. The predicted octanol–water partition coefficient (Wildman–Crippen LogP) is 3.86. The smallest absolute Gasteiger partial charge is 0.310 e. The summed E-state index contributed by atoms with van der Waals surface area (Å²) < 4.78 is 35.9. The zero-order chi connectivity index (χ0) is 20.0. The zero-order valence-corrected chi connectivity index (χ0v) is 16.8. The summed E-state index contributed by atoms with van der Waals surface area (Å²) in [5.41, 5.74) is 2.47. The van der Waals surface area contributed by atoms with Crippen molar-refractivity contribution in [3.8, 4) is 11.5 Å². The molecular weight excluding hydrogens is 366 g/mol. The van der Waals surface area contributed by atoms with Crippen LogP contribution in [0.3, 0.4) is 0 Å². The molecule has 2 rings (SSSR count). The highest BCUT2D eigenvalue weighted by molar-refractivity contribution is 7.92. The maximum Gasteiger partial charge on any atom is 0.310 e. The van der Waals surface area contributed by atoms with Crippen molar-refractivity contribution in [3.63, 3.8) is 0 Å². The van der Waals surface area contributed by atoms with E-state index >= 15 is 0 Å². The molecule has 0 fully saturated rings. The summed E-state index contributed by atoms with van der Waals surface area (Å²) in [6, 6.07) is 12.5. The summed E-state index contributed by atoms with van der Waals surface area (Å²) in [5, 5.41) is 0. The number of benzene rings is 2. The number of nitrogens with one attached hydrogen (secondary N) is 1. The maximum absolute atomic E-state index is 11.4. The molecule has 0 bridgehead atoms. The van der Waals surface area contributed by atoms with Gasteiger partial charge >= 0.3 is 5.97 Å². The number of ether oxygens (including phenoxy) is 2. The van der Waals surface area contributed by atoms with E-state index in [1.165, 1.54) is 0 Å². The van der Waals surface area contributed by atoms with Gasteiger partial charge in [-0.15, -0.1) is 0 Å². The molecule has 0 heterocycles. The van der Waals surface area contributed by atoms with Crippen molar-refractivity contribution in [3.05, 3.63) is 53.6 Å². The predicted molar refractivity (Wildman–Crippen MR) is 106 cm³/mol. The second-order valence-corrected chi connectivity index (χ2v) is 8.21. The Morgan fingerprint density at radius 3 is 2.37 bits per heavy atom. The van der Waals surface area contributed by atoms with Crippen LogP contribution in [-0.2, 0) is 14.8 Å². The summed E-state index contributed by atoms with van der Waals surface area (Å²) >= 11 is 0. The van der Waals surface area contributed by atoms with Crippen molar-refractivity contribution in [2.45, 2.75) is 33.1 Å². The molecule has 0 amide bonds. The molecule has 1 N–H and O–H groups in total. The minimum Gasteiger partial charge on any atom is -0.493 e. The van der Waals surface area contributed by atoms with Gasteiger partial charge in [0.2, 0.25) is 10.0 Å². The molecule has 146 valence electrons. The van der Waals surface area contributed by atoms with Crippen molar-refractivity contribution in [1.29, 1.82) is 0 Å². The van der Waals surface area contributed by atoms with Gasteiger partial charge in [-0.2, -0.15) is 0 Å². The highest BCUT2D eigenvalue weighted by Gasteiger charge is 2.11. The molecule has 1 atom stereocenters. The van der Waals surface area contributed by atoms with E-state index in [4.69, 9.17) is 9.47 Å². The number of hydrogen-bond donors (Lipinski definition) is 1. The third kappa shape index (κ3) is 6.60. The number of esters is 1. The van der Waals surface area contributed by atoms with Crippen molar-refractivity contribution in [2.75, 3.05) is 17.6 Å². The summed E-state index contributed by atoms with van der Waals surface area (Å²) in [5.74, 6) is 1.11. The van der Waals surface area contributed by atoms with E-state index in [0.29, 0.717) is 30.2 Å². The Labute approximate surface area is 160 Å². The highest BCUT2D eigenvalue weighted by atomic mass is 32.2. The molecule has 0 aliphatic heterocycles. The van der Waals surface area contributed by atoms with Crippen LogP contribution < -0.4 is 14.2 Å². The number of sulfonamides is 1. The molecule has 0 radical (unpaired) electrons. The monoisotopic (exact) mass is 391 g/mol. The van der Waals surface area contributed by atoms with E-state index in [1.54, 1.807) is 37.3 Å². The molecule has 6 nitrogen and oxygen atoms in total. The first kappa shape index (κ1) is 20.8. The average molecular weight is 391 g/mol. The molecule has 2 aromatic rings. The second-order valence-electron chi connectivity index (χ2n) is 6.46. The Morgan fingerprint density at radius 1 is 1.15 bits per heavy atom. The van der Waals surface area contributed by atoms with Crippen LogP contribution >= 0.6 is 0 Å². The molecule has 2 aromatic carbocycles. The van der Waals surface area contributed by atoms with Crippen LogP contribution in [0.4, 0.5) is 5.69 Å². The van der Waals surface area contributed by atoms with E-state index < -0.39 is 10.0 Å². The Hall–Kier alpha value is -2.54. The van der Waals surface area contributed by atoms with E-state index in [9.17, 15) is 13.2 Å². The molecule has 0 saturated carbocycles. The van der Waals surface area contributed by atoms with Crippen LogP contribution in [0, 0.1) is 6.92 Å². The fourth-order valence-electron chi connectivity index (χ4n) is 2.44. The first-order valence-electron chi connectivity index (χ1n) is 8.70. The lowest BCUT2D eigenvalue weighted by atomic mass is 10.00. The molecule has 7 heteroatoms. The topological polar surface area (TPSA) is 81.7 Å². The van der Waals surface area contributed by atoms with Crippen LogP contribution in [0.5, 0.6) is 11.5 Å². The molecule has 0 aliphatic carbocycles. The fourth-order valence-corrected chi connectivity index (χ4v) is 3.00. The summed E-state index contributed by atoms with van der Waals surface area (Å²) in [6.07, 6.45) is 1.44. The van der Waals surface area contributed by atoms with Crippen LogP contribution in [0.15, 0.2) is 42.5 Å². The molecule has 1 unspecified atom stereocenters. The molecule has 0 aromatic heterocycles. The number of aryl methyl sites for hydroxylation is 1. The third-order valence-electron chi connectivity index (χ3n) is 3.94. The second kappa shape index (κ2) is 8.90. The van der Waals surface area contributed by atoms with Gasteiger partial charge in [0, 0.05) is 18.0 Å². The van der Waals surface area contributed by atoms with Crippen molar-refractivity contribution in [1.82, 2.24) is 0 Å². The number of rotatable bonds is 8. The van der Waals surface area contributed by atoms with Gasteiger partial charge in [0.05, 0.1) is 12.9 Å². The third-order valence-corrected chi connectivity index (χ3v) is 4.54. The van der Waals surface area contributed by atoms with Gasteiger partial charge in [0.25, 0.3) is 0 Å². The number of carbonyl (C=O) groups is 1. The van der Waals surface area contributed by atoms with Gasteiger partial charge < -0.3 is 9.47 Å². The van der Waals surface area contributed by atoms with Gasteiger partial charge in [0.15, 0.2) is 0 Å². The number of carbonyl (C=O) groups excluding carboxylic acids is 1. The van der Waals surface area contributed by atoms with E-state index in [0.717, 1.165) is 17.4 Å². The van der Waals surface area contributed by atoms with Crippen LogP contribution in [0.1, 0.15) is 37.3 Å². The van der Waals surface area contributed by atoms with Crippen molar-refractivity contribution in [2.24, 2.45) is 0 Å². The molecule has 0 aliphatic rings. The van der Waals surface area contributed by atoms with Crippen LogP contribution in [-0.4, -0.2) is 27.2 Å². The lowest BCUT2D eigenvalue weighted by Crippen LogP contribution is -2.10. The Kier molecular flexibility index (Phi) is 6.85. The quantitative estimate of drug-likeness (QED) is 0.546. The highest BCUT2D eigenvalue weighted by Crippen LogP contribution is 2.25. The minimum atomic E-state index is -3.29. The van der Waals surface area contributed by atoms with E-state index in [1.807, 2.05) is 26.0 Å². The summed E-state index contributed by atoms with van der Waals surface area (Å²) in [4.78, 5) is 11.4. The minimum absolute atomic E-state index is 0.133. The zero-order valence-electron chi connectivity index (χ0n) is 16.0. The van der Waals surface area contributed by atoms with E-state index in [-0.39, 0.29) is 11.9 Å². The first-order chi connectivity index (χ1) is 12.7. The van der Waals surface area contributed by atoms with Gasteiger partial charge in [-0.05, 0) is 48.4 Å². The first-order valence-corrected chi connectivity index (χ1v) is 10.6. The number of anilines is 1. The largest absolute Gasteiger partial charge is 0.493 e. The summed E-state index contributed by atoms with van der Waals surface area (Å²) in [6.45, 7) is 6.18. The summed E-state index contributed by atoms with van der Waals surface area (Å²) in [7, 11) is -3.29. The number of hydrogen-bond acceptors (Lipinski definition) is 5. The van der Waals surface area contributed by atoms with Gasteiger partial charge in [-0.1, -0.05) is 26.0 Å². The molecule has 0 spiro atoms. The SMILES string of the molecule is CCC(=O)Oc1ccc(C(C)COc2ccc(NS(C)(=O)=O)cc2)cc1C. The molecular formula is C20H25NO5S. The van der Waals surface area contributed by atoms with Gasteiger partial charge in [-0.25, -0.2) is 8.42 Å². The van der Waals surface area contributed by atoms with Crippen LogP contribution in [0.25, 0.3) is 0 Å². The normalized spacial score (nSPS) is 12.3. The lowest BCUT2D eigenvalue weighted by molar-refractivity contribution is -0.134. The molecule has 27 heavy (non-hydrogen) atoms. The van der Waals surface area contributed by atoms with E-state index in [2.05, 4.69) is 4.72 Å². The van der Waals surface area contributed by atoms with Gasteiger partial charge in [0.1, 0.15) is 11.5 Å². The van der Waals surface area contributed by atoms with Gasteiger partial charge in [-0.3, -0.25) is 9.52 Å². The molecule has 0 saturated heterocycles. The van der Waals surface area contributed by atoms with Crippen LogP contribution in [0.2, 0.25) is 0 Å². The maximum atomic E-state index is 11.4. The van der Waals surface area contributed by atoms with Crippen molar-refractivity contribution < 1.29 is 22.7 Å². The van der Waals surface area contributed by atoms with Crippen molar-refractivity contribution >= 4 is 21.7 Å². The fraction of sp³-hybridized carbons (Fsp3) is 0.350. The Morgan fingerprint density at radius 2 is 1.81 bits per heavy atom. The lowest BCUT2D eigenvalue weighted by Gasteiger charge is -2.16.